The largest absolute Gasteiger partial charge is 0.485 e. The van der Waals surface area contributed by atoms with Crippen molar-refractivity contribution in [3.8, 4) is 5.75 Å². The molecule has 30 heavy (non-hydrogen) atoms. The van der Waals surface area contributed by atoms with Crippen LogP contribution in [0.3, 0.4) is 0 Å². The zero-order valence-corrected chi connectivity index (χ0v) is 18.2. The van der Waals surface area contributed by atoms with E-state index in [0.29, 0.717) is 16.5 Å². The number of nitrogens with zero attached hydrogens (tertiary/aromatic N) is 1. The Balaban J connectivity index is 1.21. The lowest BCUT2D eigenvalue weighted by Crippen LogP contribution is -2.43. The lowest BCUT2D eigenvalue weighted by Gasteiger charge is -2.40. The third kappa shape index (κ3) is 4.02. The normalized spacial score (nSPS) is 26.8. The van der Waals surface area contributed by atoms with E-state index in [-0.39, 0.29) is 12.4 Å². The van der Waals surface area contributed by atoms with Crippen LogP contribution in [0.5, 0.6) is 5.75 Å². The highest BCUT2D eigenvalue weighted by atomic mass is 35.5. The van der Waals surface area contributed by atoms with E-state index in [1.807, 2.05) is 24.3 Å². The van der Waals surface area contributed by atoms with Crippen molar-refractivity contribution in [2.75, 3.05) is 19.7 Å². The van der Waals surface area contributed by atoms with Crippen LogP contribution in [0, 0.1) is 11.8 Å². The molecule has 3 aliphatic rings. The fourth-order valence-corrected chi connectivity index (χ4v) is 6.30. The molecule has 3 nitrogen and oxygen atoms in total. The second-order valence-corrected chi connectivity index (χ2v) is 9.69. The number of likely N-dealkylation sites (tertiary alicyclic amines) is 1. The molecule has 0 N–H and O–H groups in total. The van der Waals surface area contributed by atoms with Crippen LogP contribution in [0.15, 0.2) is 48.5 Å². The zero-order valence-electron chi connectivity index (χ0n) is 17.4. The minimum absolute atomic E-state index is 0.0186. The highest BCUT2D eigenvalue weighted by Gasteiger charge is 2.43. The molecule has 2 aromatic rings. The second kappa shape index (κ2) is 8.72. The summed E-state index contributed by atoms with van der Waals surface area (Å²) in [5.41, 5.74) is 1.77. The van der Waals surface area contributed by atoms with Crippen LogP contribution in [0.25, 0.3) is 0 Å². The first-order chi connectivity index (χ1) is 14.7. The van der Waals surface area contributed by atoms with Crippen LogP contribution in [-0.2, 0) is 0 Å². The maximum absolute atomic E-state index is 12.6. The van der Waals surface area contributed by atoms with Gasteiger partial charge in [0.05, 0.1) is 5.02 Å². The number of fused-ring (bicyclic) bond motifs is 2. The van der Waals surface area contributed by atoms with Crippen LogP contribution >= 0.6 is 11.6 Å². The predicted molar refractivity (Wildman–Crippen MR) is 121 cm³/mol. The maximum atomic E-state index is 12.6. The number of rotatable bonds is 6. The van der Waals surface area contributed by atoms with Crippen molar-refractivity contribution in [3.63, 3.8) is 0 Å². The summed E-state index contributed by atoms with van der Waals surface area (Å²) in [6.07, 6.45) is 8.17. The minimum atomic E-state index is -0.0819. The number of hydrogen-bond donors (Lipinski definition) is 0. The van der Waals surface area contributed by atoms with Crippen LogP contribution in [-0.4, -0.2) is 36.4 Å². The van der Waals surface area contributed by atoms with Crippen LogP contribution in [0.2, 0.25) is 5.02 Å². The third-order valence-electron chi connectivity index (χ3n) is 7.59. The van der Waals surface area contributed by atoms with Crippen molar-refractivity contribution in [2.24, 2.45) is 11.8 Å². The van der Waals surface area contributed by atoms with E-state index in [0.717, 1.165) is 23.6 Å². The molecule has 0 unspecified atom stereocenters. The molecule has 1 heterocycles. The first-order valence-corrected chi connectivity index (χ1v) is 11.8. The SMILES string of the molecule is O=C(COc1ccccc1C1CCN([C@H]2C[C@H]3CC[C@H]2C3)CC1)c1ccccc1Cl. The van der Waals surface area contributed by atoms with Crippen molar-refractivity contribution in [1.29, 1.82) is 0 Å². The van der Waals surface area contributed by atoms with Crippen molar-refractivity contribution < 1.29 is 9.53 Å². The van der Waals surface area contributed by atoms with Crippen molar-refractivity contribution in [2.45, 2.75) is 50.5 Å². The van der Waals surface area contributed by atoms with Gasteiger partial charge in [-0.05, 0) is 86.7 Å². The third-order valence-corrected chi connectivity index (χ3v) is 7.92. The number of halogens is 1. The molecule has 4 heteroatoms. The smallest absolute Gasteiger partial charge is 0.201 e. The van der Waals surface area contributed by atoms with E-state index < -0.39 is 0 Å². The van der Waals surface area contributed by atoms with E-state index >= 15 is 0 Å². The minimum Gasteiger partial charge on any atom is -0.485 e. The number of Topliss-reactive ketones (excluding diaryl/α,β-unsaturated/α-hetero) is 1. The average molecular weight is 424 g/mol. The summed E-state index contributed by atoms with van der Waals surface area (Å²) in [6.45, 7) is 2.39. The van der Waals surface area contributed by atoms with Gasteiger partial charge in [0.2, 0.25) is 5.78 Å². The Labute approximate surface area is 184 Å². The molecule has 2 bridgehead atoms. The molecule has 1 saturated heterocycles. The van der Waals surface area contributed by atoms with Crippen molar-refractivity contribution in [1.82, 2.24) is 4.90 Å². The van der Waals surface area contributed by atoms with Gasteiger partial charge in [-0.2, -0.15) is 0 Å². The van der Waals surface area contributed by atoms with E-state index in [4.69, 9.17) is 16.3 Å². The number of piperidine rings is 1. The van der Waals surface area contributed by atoms with Crippen LogP contribution in [0.4, 0.5) is 0 Å². The summed E-state index contributed by atoms with van der Waals surface area (Å²) in [6, 6.07) is 16.2. The summed E-state index contributed by atoms with van der Waals surface area (Å²) in [7, 11) is 0. The van der Waals surface area contributed by atoms with Crippen LogP contribution in [0.1, 0.15) is 60.4 Å². The van der Waals surface area contributed by atoms with Gasteiger partial charge in [0, 0.05) is 11.6 Å². The number of para-hydroxylation sites is 1. The summed E-state index contributed by atoms with van der Waals surface area (Å²) in [4.78, 5) is 15.3. The lowest BCUT2D eigenvalue weighted by molar-refractivity contribution is 0.0917. The van der Waals surface area contributed by atoms with Gasteiger partial charge in [-0.25, -0.2) is 0 Å². The van der Waals surface area contributed by atoms with Gasteiger partial charge in [0.1, 0.15) is 5.75 Å². The fraction of sp³-hybridized carbons (Fsp3) is 0.500. The van der Waals surface area contributed by atoms with Gasteiger partial charge in [-0.1, -0.05) is 48.4 Å². The Hall–Kier alpha value is -1.84. The molecule has 3 fully saturated rings. The fourth-order valence-electron chi connectivity index (χ4n) is 6.06. The molecule has 0 aromatic heterocycles. The topological polar surface area (TPSA) is 29.5 Å². The molecular weight excluding hydrogens is 394 g/mol. The van der Waals surface area contributed by atoms with Gasteiger partial charge in [-0.3, -0.25) is 4.79 Å². The zero-order chi connectivity index (χ0) is 20.5. The highest BCUT2D eigenvalue weighted by molar-refractivity contribution is 6.34. The van der Waals surface area contributed by atoms with Crippen LogP contribution < -0.4 is 4.74 Å². The summed E-state index contributed by atoms with van der Waals surface area (Å²) < 4.78 is 6.01. The Kier molecular flexibility index (Phi) is 5.84. The Bertz CT molecular complexity index is 905. The van der Waals surface area contributed by atoms with Crippen molar-refractivity contribution in [3.05, 3.63) is 64.7 Å². The lowest BCUT2D eigenvalue weighted by atomic mass is 9.86. The maximum Gasteiger partial charge on any atom is 0.201 e. The second-order valence-electron chi connectivity index (χ2n) is 9.28. The summed E-state index contributed by atoms with van der Waals surface area (Å²) in [5, 5.41) is 0.479. The first-order valence-electron chi connectivity index (χ1n) is 11.4. The number of ketones is 1. The number of carbonyl (C=O) groups excluding carboxylic acids is 1. The molecule has 5 rings (SSSR count). The van der Waals surface area contributed by atoms with Gasteiger partial charge in [0.15, 0.2) is 6.61 Å². The standard InChI is InChI=1S/C26H30ClNO2/c27-23-7-3-1-6-22(23)25(29)17-30-26-8-4-2-5-21(26)19-11-13-28(14-12-19)24-16-18-9-10-20(24)15-18/h1-8,18-20,24H,9-17H2/t18-,20-,24-/m0/s1. The molecule has 0 amide bonds. The van der Waals surface area contributed by atoms with E-state index in [1.54, 1.807) is 12.1 Å². The highest BCUT2D eigenvalue weighted by Crippen LogP contribution is 2.47. The van der Waals surface area contributed by atoms with Gasteiger partial charge in [0.25, 0.3) is 0 Å². The van der Waals surface area contributed by atoms with E-state index in [9.17, 15) is 4.79 Å². The summed E-state index contributed by atoms with van der Waals surface area (Å²) in [5.74, 6) is 3.23. The Morgan fingerprint density at radius 1 is 0.967 bits per heavy atom. The molecule has 0 spiro atoms. The molecule has 158 valence electrons. The molecular formula is C26H30ClNO2. The monoisotopic (exact) mass is 423 g/mol. The molecule has 1 aliphatic heterocycles. The quantitative estimate of drug-likeness (QED) is 0.536. The van der Waals surface area contributed by atoms with Gasteiger partial charge >= 0.3 is 0 Å². The number of hydrogen-bond acceptors (Lipinski definition) is 3. The Morgan fingerprint density at radius 3 is 2.47 bits per heavy atom. The molecule has 0 radical (unpaired) electrons. The average Bonchev–Trinajstić information content (AvgIpc) is 3.42. The van der Waals surface area contributed by atoms with E-state index in [2.05, 4.69) is 17.0 Å². The first kappa shape index (κ1) is 20.1. The number of benzene rings is 2. The molecule has 2 aliphatic carbocycles. The summed E-state index contributed by atoms with van der Waals surface area (Å²) >= 11 is 6.16. The predicted octanol–water partition coefficient (Wildman–Crippen LogP) is 5.97. The molecule has 2 aromatic carbocycles. The van der Waals surface area contributed by atoms with Crippen molar-refractivity contribution >= 4 is 17.4 Å². The van der Waals surface area contributed by atoms with Gasteiger partial charge < -0.3 is 9.64 Å². The molecule has 3 atom stereocenters. The van der Waals surface area contributed by atoms with E-state index in [1.165, 1.54) is 57.2 Å². The Morgan fingerprint density at radius 2 is 1.73 bits per heavy atom. The number of carbonyl (C=O) groups is 1. The number of ether oxygens (including phenoxy) is 1. The molecule has 2 saturated carbocycles. The van der Waals surface area contributed by atoms with Gasteiger partial charge in [-0.15, -0.1) is 0 Å².